The van der Waals surface area contributed by atoms with Crippen molar-refractivity contribution in [1.29, 1.82) is 0 Å². The first-order valence-electron chi connectivity index (χ1n) is 8.65. The van der Waals surface area contributed by atoms with E-state index in [1.807, 2.05) is 51.1 Å². The summed E-state index contributed by atoms with van der Waals surface area (Å²) < 4.78 is 10.9. The van der Waals surface area contributed by atoms with E-state index in [9.17, 15) is 4.79 Å². The smallest absolute Gasteiger partial charge is 0.259 e. The normalized spacial score (nSPS) is 11.1. The first-order chi connectivity index (χ1) is 12.9. The van der Waals surface area contributed by atoms with Crippen LogP contribution in [-0.4, -0.2) is 16.0 Å². The van der Waals surface area contributed by atoms with E-state index in [1.165, 1.54) is 0 Å². The Balaban J connectivity index is 1.82. The van der Waals surface area contributed by atoms with Crippen LogP contribution in [0.5, 0.6) is 0 Å². The number of benzene rings is 1. The highest BCUT2D eigenvalue weighted by Gasteiger charge is 2.21. The number of furan rings is 1. The minimum atomic E-state index is -0.239. The number of anilines is 1. The zero-order valence-electron chi connectivity index (χ0n) is 15.6. The van der Waals surface area contributed by atoms with Crippen molar-refractivity contribution in [3.63, 3.8) is 0 Å². The van der Waals surface area contributed by atoms with E-state index in [1.54, 1.807) is 13.0 Å². The SMILES string of the molecule is Cc1ccc(NC(=O)c2cc(-c3cc(C)oc3C)nc3onc(C)c23)cc1. The molecule has 0 unspecified atom stereocenters. The average molecular weight is 361 g/mol. The molecule has 3 aromatic heterocycles. The van der Waals surface area contributed by atoms with Gasteiger partial charge in [-0.3, -0.25) is 4.79 Å². The number of nitrogens with zero attached hydrogens (tertiary/aromatic N) is 2. The predicted molar refractivity (Wildman–Crippen MR) is 103 cm³/mol. The predicted octanol–water partition coefficient (Wildman–Crippen LogP) is 4.97. The fourth-order valence-electron chi connectivity index (χ4n) is 3.13. The van der Waals surface area contributed by atoms with Gasteiger partial charge in [-0.15, -0.1) is 0 Å². The Morgan fingerprint density at radius 2 is 1.78 bits per heavy atom. The van der Waals surface area contributed by atoms with Gasteiger partial charge in [0.1, 0.15) is 11.5 Å². The molecule has 136 valence electrons. The second-order valence-corrected chi connectivity index (χ2v) is 6.65. The molecule has 6 heteroatoms. The fourth-order valence-corrected chi connectivity index (χ4v) is 3.13. The Morgan fingerprint density at radius 3 is 2.44 bits per heavy atom. The Kier molecular flexibility index (Phi) is 4.03. The molecule has 1 N–H and O–H groups in total. The Labute approximate surface area is 156 Å². The minimum Gasteiger partial charge on any atom is -0.466 e. The van der Waals surface area contributed by atoms with E-state index in [4.69, 9.17) is 8.94 Å². The van der Waals surface area contributed by atoms with Gasteiger partial charge in [-0.2, -0.15) is 0 Å². The van der Waals surface area contributed by atoms with Crippen LogP contribution in [0.2, 0.25) is 0 Å². The lowest BCUT2D eigenvalue weighted by Crippen LogP contribution is -2.13. The number of hydrogen-bond acceptors (Lipinski definition) is 5. The van der Waals surface area contributed by atoms with Gasteiger partial charge < -0.3 is 14.3 Å². The summed E-state index contributed by atoms with van der Waals surface area (Å²) in [5, 5.41) is 7.52. The lowest BCUT2D eigenvalue weighted by atomic mass is 10.1. The monoisotopic (exact) mass is 361 g/mol. The molecule has 27 heavy (non-hydrogen) atoms. The number of carbonyl (C=O) groups excluding carboxylic acids is 1. The molecule has 6 nitrogen and oxygen atoms in total. The second kappa shape index (κ2) is 6.39. The Morgan fingerprint density at radius 1 is 1.04 bits per heavy atom. The number of nitrogens with one attached hydrogen (secondary N) is 1. The van der Waals surface area contributed by atoms with Crippen molar-refractivity contribution in [1.82, 2.24) is 10.1 Å². The van der Waals surface area contributed by atoms with Crippen molar-refractivity contribution >= 4 is 22.7 Å². The summed E-state index contributed by atoms with van der Waals surface area (Å²) in [6.45, 7) is 7.54. The lowest BCUT2D eigenvalue weighted by molar-refractivity contribution is 0.102. The highest BCUT2D eigenvalue weighted by Crippen LogP contribution is 2.30. The molecule has 0 saturated heterocycles. The molecule has 0 fully saturated rings. The molecule has 0 spiro atoms. The van der Waals surface area contributed by atoms with E-state index >= 15 is 0 Å². The van der Waals surface area contributed by atoms with Crippen molar-refractivity contribution in [3.05, 3.63) is 64.7 Å². The van der Waals surface area contributed by atoms with Gasteiger partial charge in [0.2, 0.25) is 0 Å². The van der Waals surface area contributed by atoms with Crippen LogP contribution in [0.15, 0.2) is 45.3 Å². The number of aromatic nitrogens is 2. The second-order valence-electron chi connectivity index (χ2n) is 6.65. The minimum absolute atomic E-state index is 0.239. The van der Waals surface area contributed by atoms with Gasteiger partial charge in [-0.05, 0) is 52.0 Å². The number of aryl methyl sites for hydroxylation is 4. The van der Waals surface area contributed by atoms with Gasteiger partial charge in [-0.25, -0.2) is 4.98 Å². The van der Waals surface area contributed by atoms with Crippen LogP contribution in [0, 0.1) is 27.7 Å². The molecular weight excluding hydrogens is 342 g/mol. The third kappa shape index (κ3) is 3.10. The van der Waals surface area contributed by atoms with E-state index in [2.05, 4.69) is 15.5 Å². The molecule has 1 aromatic carbocycles. The Hall–Kier alpha value is -3.41. The number of carbonyl (C=O) groups is 1. The van der Waals surface area contributed by atoms with Crippen molar-refractivity contribution in [2.24, 2.45) is 0 Å². The molecule has 4 rings (SSSR count). The summed E-state index contributed by atoms with van der Waals surface area (Å²) in [6.07, 6.45) is 0. The van der Waals surface area contributed by atoms with E-state index in [-0.39, 0.29) is 5.91 Å². The molecule has 0 radical (unpaired) electrons. The summed E-state index contributed by atoms with van der Waals surface area (Å²) in [7, 11) is 0. The summed E-state index contributed by atoms with van der Waals surface area (Å²) in [5.74, 6) is 1.28. The number of pyridine rings is 1. The molecule has 1 amide bonds. The maximum Gasteiger partial charge on any atom is 0.259 e. The van der Waals surface area contributed by atoms with Crippen LogP contribution in [0.1, 0.15) is 33.1 Å². The quantitative estimate of drug-likeness (QED) is 0.557. The molecule has 3 heterocycles. The first kappa shape index (κ1) is 17.0. The van der Waals surface area contributed by atoms with E-state index < -0.39 is 0 Å². The van der Waals surface area contributed by atoms with Crippen LogP contribution in [0.3, 0.4) is 0 Å². The van der Waals surface area contributed by atoms with Crippen molar-refractivity contribution in [2.75, 3.05) is 5.32 Å². The summed E-state index contributed by atoms with van der Waals surface area (Å²) in [6, 6.07) is 11.3. The van der Waals surface area contributed by atoms with E-state index in [0.29, 0.717) is 28.1 Å². The number of rotatable bonds is 3. The first-order valence-corrected chi connectivity index (χ1v) is 8.65. The summed E-state index contributed by atoms with van der Waals surface area (Å²) in [4.78, 5) is 17.5. The molecule has 0 saturated carbocycles. The maximum atomic E-state index is 13.0. The van der Waals surface area contributed by atoms with Gasteiger partial charge in [0.15, 0.2) is 0 Å². The molecule has 0 aliphatic heterocycles. The zero-order chi connectivity index (χ0) is 19.1. The van der Waals surface area contributed by atoms with Gasteiger partial charge in [0, 0.05) is 11.3 Å². The van der Waals surface area contributed by atoms with Crippen LogP contribution in [-0.2, 0) is 0 Å². The van der Waals surface area contributed by atoms with Crippen LogP contribution in [0.25, 0.3) is 22.4 Å². The summed E-state index contributed by atoms with van der Waals surface area (Å²) >= 11 is 0. The number of amides is 1. The van der Waals surface area contributed by atoms with Crippen molar-refractivity contribution in [2.45, 2.75) is 27.7 Å². The van der Waals surface area contributed by atoms with Crippen LogP contribution >= 0.6 is 0 Å². The van der Waals surface area contributed by atoms with Gasteiger partial charge in [0.05, 0.1) is 22.3 Å². The van der Waals surface area contributed by atoms with Crippen LogP contribution < -0.4 is 5.32 Å². The number of hydrogen-bond donors (Lipinski definition) is 1. The fraction of sp³-hybridized carbons (Fsp3) is 0.190. The van der Waals surface area contributed by atoms with Crippen molar-refractivity contribution < 1.29 is 13.7 Å². The van der Waals surface area contributed by atoms with Gasteiger partial charge in [-0.1, -0.05) is 22.9 Å². The largest absolute Gasteiger partial charge is 0.466 e. The van der Waals surface area contributed by atoms with E-state index in [0.717, 1.165) is 28.3 Å². The standard InChI is InChI=1S/C21H19N3O3/c1-11-5-7-15(8-6-11)22-20(25)17-10-18(16-9-12(2)26-14(16)4)23-21-19(17)13(3)24-27-21/h5-10H,1-4H3,(H,22,25). The molecule has 4 aromatic rings. The maximum absolute atomic E-state index is 13.0. The van der Waals surface area contributed by atoms with Crippen molar-refractivity contribution in [3.8, 4) is 11.3 Å². The Bertz CT molecular complexity index is 1150. The topological polar surface area (TPSA) is 81.2 Å². The lowest BCUT2D eigenvalue weighted by Gasteiger charge is -2.08. The van der Waals surface area contributed by atoms with Gasteiger partial charge >= 0.3 is 0 Å². The molecule has 0 bridgehead atoms. The average Bonchev–Trinajstić information content (AvgIpc) is 3.18. The third-order valence-electron chi connectivity index (χ3n) is 4.49. The highest BCUT2D eigenvalue weighted by molar-refractivity contribution is 6.13. The summed E-state index contributed by atoms with van der Waals surface area (Å²) in [5.41, 5.74) is 4.71. The molecule has 0 atom stereocenters. The van der Waals surface area contributed by atoms with Gasteiger partial charge in [0.25, 0.3) is 11.6 Å². The molecular formula is C21H19N3O3. The zero-order valence-corrected chi connectivity index (χ0v) is 15.6. The highest BCUT2D eigenvalue weighted by atomic mass is 16.5. The molecule has 0 aliphatic carbocycles. The van der Waals surface area contributed by atoms with Crippen LogP contribution in [0.4, 0.5) is 5.69 Å². The molecule has 0 aliphatic rings. The number of fused-ring (bicyclic) bond motifs is 1. The third-order valence-corrected chi connectivity index (χ3v) is 4.49.